The van der Waals surface area contributed by atoms with Crippen LogP contribution in [0.15, 0.2) is 18.2 Å². The van der Waals surface area contributed by atoms with Crippen molar-refractivity contribution in [3.8, 4) is 0 Å². The van der Waals surface area contributed by atoms with Crippen molar-refractivity contribution in [1.29, 1.82) is 0 Å². The summed E-state index contributed by atoms with van der Waals surface area (Å²) in [7, 11) is 0. The van der Waals surface area contributed by atoms with Crippen LogP contribution in [0.1, 0.15) is 32.3 Å². The van der Waals surface area contributed by atoms with E-state index in [0.29, 0.717) is 10.6 Å². The largest absolute Gasteiger partial charge is 0.443 e. The number of hydrogen-bond acceptors (Lipinski definition) is 4. The average Bonchev–Trinajstić information content (AvgIpc) is 2.25. The van der Waals surface area contributed by atoms with Gasteiger partial charge in [0, 0.05) is 22.6 Å². The van der Waals surface area contributed by atoms with E-state index < -0.39 is 22.5 Å². The number of nitrogens with zero attached hydrogens (tertiary/aromatic N) is 1. The predicted molar refractivity (Wildman–Crippen MR) is 71.3 cm³/mol. The summed E-state index contributed by atoms with van der Waals surface area (Å²) in [6, 6.07) is 4.27. The van der Waals surface area contributed by atoms with Crippen LogP contribution in [0.4, 0.5) is 10.5 Å². The van der Waals surface area contributed by atoms with Crippen molar-refractivity contribution in [1.82, 2.24) is 0 Å². The summed E-state index contributed by atoms with van der Waals surface area (Å²) in [6.45, 7) is 4.97. The van der Waals surface area contributed by atoms with Crippen molar-refractivity contribution in [2.45, 2.75) is 32.3 Å². The second-order valence-corrected chi connectivity index (χ2v) is 5.14. The molecule has 0 radical (unpaired) electrons. The first-order valence-corrected chi connectivity index (χ1v) is 5.95. The minimum absolute atomic E-state index is 0.0713. The van der Waals surface area contributed by atoms with Gasteiger partial charge < -0.3 is 10.5 Å². The third kappa shape index (κ3) is 3.57. The van der Waals surface area contributed by atoms with Crippen molar-refractivity contribution in [2.24, 2.45) is 5.73 Å². The van der Waals surface area contributed by atoms with E-state index in [2.05, 4.69) is 0 Å². The first-order chi connectivity index (χ1) is 8.65. The molecule has 0 aliphatic rings. The molecule has 2 N–H and O–H groups in total. The number of primary amides is 1. The minimum atomic E-state index is -0.985. The first-order valence-electron chi connectivity index (χ1n) is 5.57. The lowest BCUT2D eigenvalue weighted by molar-refractivity contribution is -0.385. The Kier molecular flexibility index (Phi) is 4.36. The van der Waals surface area contributed by atoms with Gasteiger partial charge in [-0.1, -0.05) is 18.5 Å². The van der Waals surface area contributed by atoms with E-state index in [-0.39, 0.29) is 5.69 Å². The number of nitro groups is 1. The Morgan fingerprint density at radius 3 is 2.58 bits per heavy atom. The maximum atomic E-state index is 11.0. The second-order valence-electron chi connectivity index (χ2n) is 4.71. The smallest absolute Gasteiger partial charge is 0.405 e. The molecule has 1 aromatic rings. The van der Waals surface area contributed by atoms with Crippen LogP contribution in [-0.2, 0) is 4.74 Å². The van der Waals surface area contributed by atoms with Gasteiger partial charge in [-0.15, -0.1) is 0 Å². The lowest BCUT2D eigenvalue weighted by Crippen LogP contribution is -2.36. The molecule has 0 fully saturated rings. The number of hydrogen-bond donors (Lipinski definition) is 1. The van der Waals surface area contributed by atoms with Gasteiger partial charge in [0.15, 0.2) is 0 Å². The van der Waals surface area contributed by atoms with E-state index >= 15 is 0 Å². The maximum Gasteiger partial charge on any atom is 0.405 e. The van der Waals surface area contributed by atoms with Crippen molar-refractivity contribution in [3.63, 3.8) is 0 Å². The van der Waals surface area contributed by atoms with Crippen molar-refractivity contribution in [3.05, 3.63) is 38.9 Å². The minimum Gasteiger partial charge on any atom is -0.443 e. The van der Waals surface area contributed by atoms with Crippen LogP contribution in [0, 0.1) is 10.1 Å². The summed E-state index contributed by atoms with van der Waals surface area (Å²) in [5, 5.41) is 11.4. The first kappa shape index (κ1) is 15.2. The van der Waals surface area contributed by atoms with Crippen LogP contribution in [0.2, 0.25) is 5.02 Å². The zero-order chi connectivity index (χ0) is 14.8. The SMILES string of the molecule is CC(c1cc(Cl)ccc1[N+](=O)[O-])C(C)(C)OC(N)=O. The van der Waals surface area contributed by atoms with Crippen LogP contribution < -0.4 is 5.73 Å². The molecule has 104 valence electrons. The quantitative estimate of drug-likeness (QED) is 0.679. The molecule has 6 nitrogen and oxygen atoms in total. The summed E-state index contributed by atoms with van der Waals surface area (Å²) in [5.74, 6) is -0.445. The second kappa shape index (κ2) is 5.44. The number of halogens is 1. The van der Waals surface area contributed by atoms with Gasteiger partial charge >= 0.3 is 6.09 Å². The summed E-state index contributed by atoms with van der Waals surface area (Å²) < 4.78 is 5.00. The van der Waals surface area contributed by atoms with Gasteiger partial charge in [0.25, 0.3) is 5.69 Å². The highest BCUT2D eigenvalue weighted by Gasteiger charge is 2.34. The molecule has 0 saturated carbocycles. The predicted octanol–water partition coefficient (Wildman–Crippen LogP) is 3.23. The molecule has 0 heterocycles. The Labute approximate surface area is 115 Å². The van der Waals surface area contributed by atoms with E-state index in [9.17, 15) is 14.9 Å². The molecule has 0 aliphatic carbocycles. The zero-order valence-corrected chi connectivity index (χ0v) is 11.6. The van der Waals surface area contributed by atoms with Gasteiger partial charge in [0.1, 0.15) is 5.60 Å². The number of carbonyl (C=O) groups is 1. The molecule has 1 amide bonds. The molecule has 1 atom stereocenters. The molecule has 19 heavy (non-hydrogen) atoms. The van der Waals surface area contributed by atoms with Gasteiger partial charge in [-0.05, 0) is 26.0 Å². The van der Waals surface area contributed by atoms with E-state index in [4.69, 9.17) is 22.1 Å². The average molecular weight is 287 g/mol. The van der Waals surface area contributed by atoms with E-state index in [1.165, 1.54) is 18.2 Å². The number of nitro benzene ring substituents is 1. The molecule has 1 aromatic carbocycles. The van der Waals surface area contributed by atoms with E-state index in [1.807, 2.05) is 0 Å². The van der Waals surface area contributed by atoms with Crippen LogP contribution in [0.3, 0.4) is 0 Å². The molecule has 1 rings (SSSR count). The van der Waals surface area contributed by atoms with Crippen molar-refractivity contribution >= 4 is 23.4 Å². The molecule has 0 aliphatic heterocycles. The molecule has 0 bridgehead atoms. The van der Waals surface area contributed by atoms with Crippen LogP contribution >= 0.6 is 11.6 Å². The van der Waals surface area contributed by atoms with Gasteiger partial charge in [0.2, 0.25) is 0 Å². The van der Waals surface area contributed by atoms with Crippen LogP contribution in [-0.4, -0.2) is 16.6 Å². The van der Waals surface area contributed by atoms with Crippen molar-refractivity contribution < 1.29 is 14.5 Å². The number of carbonyl (C=O) groups excluding carboxylic acids is 1. The fraction of sp³-hybridized carbons (Fsp3) is 0.417. The Bertz CT molecular complexity index is 516. The Balaban J connectivity index is 3.24. The number of amides is 1. The summed E-state index contributed by atoms with van der Waals surface area (Å²) in [4.78, 5) is 21.4. The molecule has 0 saturated heterocycles. The number of ether oxygens (including phenoxy) is 1. The monoisotopic (exact) mass is 286 g/mol. The lowest BCUT2D eigenvalue weighted by Gasteiger charge is -2.30. The van der Waals surface area contributed by atoms with Crippen LogP contribution in [0.25, 0.3) is 0 Å². The number of nitrogens with two attached hydrogens (primary N) is 1. The maximum absolute atomic E-state index is 11.0. The topological polar surface area (TPSA) is 95.5 Å². The molecular formula is C12H15ClN2O4. The normalized spacial score (nSPS) is 12.8. The molecular weight excluding hydrogens is 272 g/mol. The highest BCUT2D eigenvalue weighted by molar-refractivity contribution is 6.30. The number of rotatable bonds is 4. The summed E-state index contributed by atoms with van der Waals surface area (Å²) >= 11 is 5.87. The molecule has 0 aromatic heterocycles. The fourth-order valence-electron chi connectivity index (χ4n) is 1.76. The fourth-order valence-corrected chi connectivity index (χ4v) is 1.94. The summed E-state index contributed by atoms with van der Waals surface area (Å²) in [6.07, 6.45) is -0.929. The zero-order valence-electron chi connectivity index (χ0n) is 10.8. The Morgan fingerprint density at radius 2 is 2.11 bits per heavy atom. The highest BCUT2D eigenvalue weighted by atomic mass is 35.5. The molecule has 1 unspecified atom stereocenters. The summed E-state index contributed by atoms with van der Waals surface area (Å²) in [5.41, 5.74) is 4.34. The third-order valence-electron chi connectivity index (χ3n) is 3.06. The highest BCUT2D eigenvalue weighted by Crippen LogP contribution is 2.37. The third-order valence-corrected chi connectivity index (χ3v) is 3.29. The number of benzene rings is 1. The Hall–Kier alpha value is -1.82. The van der Waals surface area contributed by atoms with Crippen LogP contribution in [0.5, 0.6) is 0 Å². The van der Waals surface area contributed by atoms with E-state index in [0.717, 1.165) is 0 Å². The molecule has 7 heteroatoms. The van der Waals surface area contributed by atoms with E-state index in [1.54, 1.807) is 20.8 Å². The van der Waals surface area contributed by atoms with Gasteiger partial charge in [-0.3, -0.25) is 10.1 Å². The van der Waals surface area contributed by atoms with Gasteiger partial charge in [0.05, 0.1) is 4.92 Å². The lowest BCUT2D eigenvalue weighted by atomic mass is 9.85. The molecule has 0 spiro atoms. The Morgan fingerprint density at radius 1 is 1.53 bits per heavy atom. The van der Waals surface area contributed by atoms with Gasteiger partial charge in [-0.25, -0.2) is 4.79 Å². The van der Waals surface area contributed by atoms with Gasteiger partial charge in [-0.2, -0.15) is 0 Å². The standard InChI is InChI=1S/C12H15ClN2O4/c1-7(12(2,3)19-11(14)16)9-6-8(13)4-5-10(9)15(17)18/h4-7H,1-3H3,(H2,14,16). The van der Waals surface area contributed by atoms with Crippen molar-refractivity contribution in [2.75, 3.05) is 0 Å².